The summed E-state index contributed by atoms with van der Waals surface area (Å²) in [6, 6.07) is 94.5. The highest BCUT2D eigenvalue weighted by atomic mass is 79.9. The number of hydrogen-bond donors (Lipinski definition) is 5. The predicted octanol–water partition coefficient (Wildman–Crippen LogP) is 20.2. The lowest BCUT2D eigenvalue weighted by Crippen LogP contribution is -2.34. The summed E-state index contributed by atoms with van der Waals surface area (Å²) in [5.41, 5.74) is 11.2. The van der Waals surface area contributed by atoms with Crippen molar-refractivity contribution in [3.8, 4) is 74.7 Å². The molecule has 0 aliphatic carbocycles. The molecule has 0 bridgehead atoms. The molecular formula is C96H79Br2ClN6O19. The first-order valence-corrected chi connectivity index (χ1v) is 40.9. The molecule has 628 valence electrons. The number of methoxy groups -OCH3 is 2. The Morgan fingerprint density at radius 1 is 0.387 bits per heavy atom. The van der Waals surface area contributed by atoms with Gasteiger partial charge in [-0.25, -0.2) is 15.1 Å². The number of nitrogens with zero attached hydrogens (tertiary/aromatic N) is 3. The lowest BCUT2D eigenvalue weighted by molar-refractivity contribution is -0.121. The van der Waals surface area contributed by atoms with E-state index in [0.29, 0.717) is 105 Å². The molecule has 0 spiro atoms. The monoisotopic (exact) mass is 1810 g/mol. The second kappa shape index (κ2) is 44.0. The number of para-hydroxylation sites is 15. The van der Waals surface area contributed by atoms with Crippen molar-refractivity contribution < 1.29 is 91.3 Å². The topological polar surface area (TPSA) is 306 Å². The zero-order valence-corrected chi connectivity index (χ0v) is 70.4. The van der Waals surface area contributed by atoms with Crippen molar-refractivity contribution in [2.75, 3.05) is 63.4 Å². The summed E-state index contributed by atoms with van der Waals surface area (Å²) in [7, 11) is 2.64. The quantitative estimate of drug-likeness (QED) is 0.0264. The first-order chi connectivity index (χ1) is 60.4. The third-order valence-corrected chi connectivity index (χ3v) is 20.1. The first-order valence-electron chi connectivity index (χ1n) is 38.3. The van der Waals surface area contributed by atoms with Gasteiger partial charge in [-0.05, 0) is 181 Å². The van der Waals surface area contributed by atoms with E-state index in [0.717, 1.165) is 57.6 Å². The summed E-state index contributed by atoms with van der Waals surface area (Å²) in [5, 5.41) is 23.9. The summed E-state index contributed by atoms with van der Waals surface area (Å²) >= 11 is 10.8. The van der Waals surface area contributed by atoms with E-state index in [1.54, 1.807) is 68.7 Å². The molecule has 0 saturated carbocycles. The average Bonchev–Trinajstić information content (AvgIpc) is 1.67. The predicted molar refractivity (Wildman–Crippen MR) is 476 cm³/mol. The average molecular weight is 1820 g/mol. The number of halogens is 3. The fourth-order valence-electron chi connectivity index (χ4n) is 12.6. The fraction of sp³-hybridized carbons (Fsp3) is 0.104. The van der Waals surface area contributed by atoms with Crippen molar-refractivity contribution in [3.05, 3.63) is 360 Å². The minimum absolute atomic E-state index is 0.0211. The molecule has 13 aromatic rings. The zero-order valence-electron chi connectivity index (χ0n) is 66.5. The number of phenols is 1. The van der Waals surface area contributed by atoms with Gasteiger partial charge in [0.15, 0.2) is 42.0 Å². The van der Waals surface area contributed by atoms with Crippen molar-refractivity contribution in [3.63, 3.8) is 0 Å². The van der Waals surface area contributed by atoms with Crippen molar-refractivity contribution >= 4 is 119 Å². The smallest absolute Gasteiger partial charge is 0.337 e. The van der Waals surface area contributed by atoms with Gasteiger partial charge < -0.3 is 73.1 Å². The molecule has 18 rings (SSSR count). The van der Waals surface area contributed by atoms with E-state index in [9.17, 15) is 38.4 Å². The van der Waals surface area contributed by atoms with Crippen LogP contribution in [-0.2, 0) is 54.8 Å². The Labute approximate surface area is 735 Å². The summed E-state index contributed by atoms with van der Waals surface area (Å²) in [5.74, 6) is 6.35. The summed E-state index contributed by atoms with van der Waals surface area (Å²) in [6.07, 6.45) is 0. The number of anilines is 5. The Morgan fingerprint density at radius 2 is 0.710 bits per heavy atom. The number of esters is 2. The maximum atomic E-state index is 13.0. The van der Waals surface area contributed by atoms with Crippen LogP contribution in [0.2, 0.25) is 0 Å². The number of hydrogen-bond acceptors (Lipinski definition) is 20. The number of phenolic OH excluding ortho intramolecular Hbond substituents is 1. The summed E-state index contributed by atoms with van der Waals surface area (Å²) in [4.78, 5) is 98.2. The van der Waals surface area contributed by atoms with Gasteiger partial charge in [-0.3, -0.25) is 34.0 Å². The molecule has 0 atom stereocenters. The van der Waals surface area contributed by atoms with E-state index < -0.39 is 17.8 Å². The maximum Gasteiger partial charge on any atom is 0.337 e. The molecule has 5 amide bonds. The van der Waals surface area contributed by atoms with E-state index in [4.69, 9.17) is 55.1 Å². The van der Waals surface area contributed by atoms with Crippen molar-refractivity contribution in [1.29, 1.82) is 0 Å². The van der Waals surface area contributed by atoms with Crippen LogP contribution >= 0.6 is 43.5 Å². The molecule has 28 heteroatoms. The number of alkyl halides is 2. The highest BCUT2D eigenvalue weighted by Crippen LogP contribution is 2.43. The number of ether oxygens (including phenoxy) is 9. The third-order valence-electron chi connectivity index (χ3n) is 18.7. The van der Waals surface area contributed by atoms with E-state index in [1.807, 2.05) is 224 Å². The first kappa shape index (κ1) is 88.5. The van der Waals surface area contributed by atoms with Crippen LogP contribution in [0.15, 0.2) is 315 Å². The molecule has 0 aromatic heterocycles. The van der Waals surface area contributed by atoms with E-state index >= 15 is 0 Å². The molecule has 0 radical (unpaired) electrons. The standard InChI is InChI=1S/C23H19NO5.C22H18N2O5.C15H12BrNO2.C13H9NO2.C13H11NO.C8H8O3.C2H2BrClO/c1-27-23(26)16-10-12-18(13-11-16)28-15-22(25)24-14-17-6-2-4-8-20(17)29-21-9-5-3-7-19(21)24;25-21(14-28-17-11-9-15(10-12-17)22(26)23-27)24-13-16-5-1-3-7-19(16)29-20-8-4-2-6-18(20)24;16-9-15(18)17-10-11-5-1-3-7-13(11)19-14-8-4-2-6-12(14)17;15-13-9-5-1-3-7-11(9)16-12-8-4-2-6-10(12)14-13;1-3-7-12-10(5-1)9-14-11-6-2-4-8-13(11)15-12;1-11-8(10)6-2-4-7(9)5-3-6;3-1-2(4)5/h2-13H,14-15H2,1H3;1-12,27H,13-14H2,(H,23,26);1-8H,9-10H2;1-8H,(H,14,15);1-8,14H,9H2;2-5,9H,1H3;1H2. The maximum absolute atomic E-state index is 13.0. The molecule has 5 aliphatic rings. The molecule has 25 nitrogen and oxygen atoms in total. The lowest BCUT2D eigenvalue weighted by atomic mass is 10.2. The Kier molecular flexibility index (Phi) is 31.4. The van der Waals surface area contributed by atoms with Crippen LogP contribution in [0, 0.1) is 0 Å². The number of nitrogens with one attached hydrogen (secondary N) is 3. The molecule has 5 heterocycles. The second-order valence-corrected chi connectivity index (χ2v) is 28.3. The fourth-order valence-corrected chi connectivity index (χ4v) is 12.9. The zero-order chi connectivity index (χ0) is 87.3. The SMILES string of the molecule is COC(=O)c1ccc(O)cc1.COC(=O)c1ccc(OCC(=O)N2Cc3ccccc3Oc3ccccc32)cc1.O=C(CBr)N1Cc2ccccc2Oc2ccccc21.O=C(Cl)CBr.O=C(NO)c1ccc(OCC(=O)N2Cc3ccccc3Oc3ccccc32)cc1.O=C1Nc2ccccc2Oc2ccccc21.c1ccc2c(c1)CNc1ccccc1O2. The van der Waals surface area contributed by atoms with E-state index in [1.165, 1.54) is 56.2 Å². The van der Waals surface area contributed by atoms with Gasteiger partial charge in [-0.15, -0.1) is 0 Å². The lowest BCUT2D eigenvalue weighted by Gasteiger charge is -2.22. The number of carbonyl (C=O) groups excluding carboxylic acids is 8. The minimum atomic E-state index is -0.618. The van der Waals surface area contributed by atoms with Gasteiger partial charge >= 0.3 is 11.9 Å². The molecule has 0 fully saturated rings. The number of fused-ring (bicyclic) bond motifs is 10. The molecule has 5 N–H and O–H groups in total. The van der Waals surface area contributed by atoms with Gasteiger partial charge in [-0.1, -0.05) is 177 Å². The highest BCUT2D eigenvalue weighted by Gasteiger charge is 2.29. The minimum Gasteiger partial charge on any atom is -0.508 e. The third kappa shape index (κ3) is 23.6. The van der Waals surface area contributed by atoms with Crippen LogP contribution in [0.4, 0.5) is 28.4 Å². The van der Waals surface area contributed by atoms with Gasteiger partial charge in [0.25, 0.3) is 23.6 Å². The molecule has 5 aliphatic heterocycles. The van der Waals surface area contributed by atoms with Crippen LogP contribution in [0.25, 0.3) is 0 Å². The van der Waals surface area contributed by atoms with E-state index in [-0.39, 0.29) is 58.7 Å². The van der Waals surface area contributed by atoms with Crippen LogP contribution in [0.5, 0.6) is 74.7 Å². The number of aromatic hydroxyl groups is 1. The van der Waals surface area contributed by atoms with Gasteiger partial charge in [0.2, 0.25) is 11.1 Å². The van der Waals surface area contributed by atoms with Gasteiger partial charge in [-0.2, -0.15) is 0 Å². The number of amides is 5. The normalized spacial score (nSPS) is 12.0. The molecular weight excluding hydrogens is 1740 g/mol. The number of hydroxylamine groups is 1. The largest absolute Gasteiger partial charge is 0.508 e. The Morgan fingerprint density at radius 3 is 1.13 bits per heavy atom. The van der Waals surface area contributed by atoms with Crippen molar-refractivity contribution in [2.45, 2.75) is 26.2 Å². The Balaban J connectivity index is 0.000000138. The summed E-state index contributed by atoms with van der Waals surface area (Å²) < 4.78 is 49.8. The molecule has 124 heavy (non-hydrogen) atoms. The van der Waals surface area contributed by atoms with Crippen LogP contribution < -0.4 is 64.0 Å². The van der Waals surface area contributed by atoms with Crippen molar-refractivity contribution in [1.82, 2.24) is 5.48 Å². The van der Waals surface area contributed by atoms with Crippen LogP contribution in [0.3, 0.4) is 0 Å². The van der Waals surface area contributed by atoms with Crippen LogP contribution in [0.1, 0.15) is 63.7 Å². The Hall–Kier alpha value is -14.8. The van der Waals surface area contributed by atoms with Gasteiger partial charge in [0.05, 0.1) is 89.6 Å². The van der Waals surface area contributed by atoms with Gasteiger partial charge in [0.1, 0.15) is 46.0 Å². The number of carbonyl (C=O) groups is 8. The molecule has 13 aromatic carbocycles. The van der Waals surface area contributed by atoms with E-state index in [2.05, 4.69) is 58.0 Å². The van der Waals surface area contributed by atoms with Gasteiger partial charge in [0, 0.05) is 34.4 Å². The number of rotatable bonds is 11. The molecule has 0 saturated heterocycles. The highest BCUT2D eigenvalue weighted by molar-refractivity contribution is 9.09. The van der Waals surface area contributed by atoms with Crippen LogP contribution in [-0.4, -0.2) is 95.1 Å². The Bertz CT molecular complexity index is 5730. The molecule has 0 unspecified atom stereocenters. The second-order valence-electron chi connectivity index (χ2n) is 26.8. The number of benzene rings is 13. The summed E-state index contributed by atoms with van der Waals surface area (Å²) in [6.45, 7) is 1.77. The van der Waals surface area contributed by atoms with Crippen molar-refractivity contribution in [2.24, 2.45) is 0 Å².